The molecule has 0 fully saturated rings. The van der Waals surface area contributed by atoms with E-state index in [2.05, 4.69) is 0 Å². The van der Waals surface area contributed by atoms with Gasteiger partial charge >= 0.3 is 5.97 Å². The highest BCUT2D eigenvalue weighted by molar-refractivity contribution is 6.32. The smallest absolute Gasteiger partial charge is 0.314 e. The van der Waals surface area contributed by atoms with Crippen LogP contribution in [0.25, 0.3) is 0 Å². The molecule has 0 aliphatic rings. The minimum absolute atomic E-state index is 0.264. The van der Waals surface area contributed by atoms with Crippen LogP contribution in [-0.4, -0.2) is 19.7 Å². The van der Waals surface area contributed by atoms with Crippen LogP contribution in [0.15, 0.2) is 12.1 Å². The van der Waals surface area contributed by atoms with Gasteiger partial charge in [0.05, 0.1) is 12.5 Å². The van der Waals surface area contributed by atoms with Crippen molar-refractivity contribution < 1.29 is 14.3 Å². The van der Waals surface area contributed by atoms with E-state index in [0.717, 1.165) is 16.1 Å². The van der Waals surface area contributed by atoms with Gasteiger partial charge in [-0.25, -0.2) is 0 Å². The van der Waals surface area contributed by atoms with Crippen molar-refractivity contribution in [1.29, 1.82) is 0 Å². The first kappa shape index (κ1) is 14.8. The second-order valence-corrected chi connectivity index (χ2v) is 5.41. The van der Waals surface area contributed by atoms with Gasteiger partial charge in [-0.2, -0.15) is 0 Å². The minimum atomic E-state index is -0.670. The van der Waals surface area contributed by atoms with E-state index in [9.17, 15) is 4.79 Å². The highest BCUT2D eigenvalue weighted by Crippen LogP contribution is 2.27. The normalized spacial score (nSPS) is 11.2. The van der Waals surface area contributed by atoms with E-state index in [4.69, 9.17) is 21.1 Å². The molecule has 0 radical (unpaired) electrons. The largest absolute Gasteiger partial charge is 0.492 e. The number of rotatable bonds is 4. The van der Waals surface area contributed by atoms with Gasteiger partial charge in [0.1, 0.15) is 12.4 Å². The van der Waals surface area contributed by atoms with E-state index in [1.54, 1.807) is 13.8 Å². The molecule has 0 atom stereocenters. The van der Waals surface area contributed by atoms with Gasteiger partial charge in [0.2, 0.25) is 0 Å². The molecule has 0 spiro atoms. The number of carbonyl (C=O) groups excluding carboxylic acids is 1. The summed E-state index contributed by atoms with van der Waals surface area (Å²) in [7, 11) is 1.38. The van der Waals surface area contributed by atoms with Crippen LogP contribution >= 0.6 is 11.6 Å². The van der Waals surface area contributed by atoms with Gasteiger partial charge in [-0.05, 0) is 51.0 Å². The van der Waals surface area contributed by atoms with Crippen molar-refractivity contribution in [3.8, 4) is 5.75 Å². The first-order valence-corrected chi connectivity index (χ1v) is 6.13. The van der Waals surface area contributed by atoms with E-state index in [1.165, 1.54) is 7.11 Å². The van der Waals surface area contributed by atoms with Gasteiger partial charge in [0, 0.05) is 5.02 Å². The zero-order chi connectivity index (χ0) is 13.9. The van der Waals surface area contributed by atoms with Gasteiger partial charge in [-0.15, -0.1) is 0 Å². The fourth-order valence-electron chi connectivity index (χ4n) is 1.59. The average molecular weight is 271 g/mol. The molecule has 0 aromatic heterocycles. The molecule has 1 aromatic carbocycles. The zero-order valence-corrected chi connectivity index (χ0v) is 12.2. The van der Waals surface area contributed by atoms with Crippen molar-refractivity contribution in [3.05, 3.63) is 28.3 Å². The third kappa shape index (κ3) is 3.39. The zero-order valence-electron chi connectivity index (χ0n) is 11.5. The molecule has 3 nitrogen and oxygen atoms in total. The summed E-state index contributed by atoms with van der Waals surface area (Å²) < 4.78 is 10.4. The number of carbonyl (C=O) groups is 1. The number of methoxy groups -OCH3 is 1. The molecule has 0 bridgehead atoms. The second-order valence-electron chi connectivity index (χ2n) is 5.04. The molecule has 18 heavy (non-hydrogen) atoms. The third-order valence-corrected chi connectivity index (χ3v) is 3.34. The maximum atomic E-state index is 11.5. The van der Waals surface area contributed by atoms with Crippen LogP contribution in [0.3, 0.4) is 0 Å². The summed E-state index contributed by atoms with van der Waals surface area (Å²) in [4.78, 5) is 11.5. The van der Waals surface area contributed by atoms with Crippen molar-refractivity contribution in [3.63, 3.8) is 0 Å². The molecule has 1 aromatic rings. The summed E-state index contributed by atoms with van der Waals surface area (Å²) >= 11 is 6.08. The molecule has 0 saturated heterocycles. The number of halogens is 1. The van der Waals surface area contributed by atoms with Crippen molar-refractivity contribution in [1.82, 2.24) is 0 Å². The Bertz CT molecular complexity index is 429. The molecule has 0 aliphatic heterocycles. The molecule has 0 aliphatic carbocycles. The Morgan fingerprint density at radius 3 is 2.22 bits per heavy atom. The summed E-state index contributed by atoms with van der Waals surface area (Å²) in [6.45, 7) is 7.68. The SMILES string of the molecule is COC(=O)C(C)(C)COc1cc(C)c(Cl)c(C)c1. The number of esters is 1. The fourth-order valence-corrected chi connectivity index (χ4v) is 1.70. The number of aryl methyl sites for hydroxylation is 2. The van der Waals surface area contributed by atoms with Crippen LogP contribution in [0.5, 0.6) is 5.75 Å². The molecular weight excluding hydrogens is 252 g/mol. The lowest BCUT2D eigenvalue weighted by atomic mass is 9.95. The molecule has 0 heterocycles. The maximum Gasteiger partial charge on any atom is 0.314 e. The van der Waals surface area contributed by atoms with Crippen LogP contribution in [0, 0.1) is 19.3 Å². The van der Waals surface area contributed by atoms with E-state index >= 15 is 0 Å². The van der Waals surface area contributed by atoms with E-state index in [-0.39, 0.29) is 12.6 Å². The molecule has 0 N–H and O–H groups in total. The third-order valence-electron chi connectivity index (χ3n) is 2.75. The van der Waals surface area contributed by atoms with Gasteiger partial charge < -0.3 is 9.47 Å². The maximum absolute atomic E-state index is 11.5. The Balaban J connectivity index is 2.78. The van der Waals surface area contributed by atoms with Gasteiger partial charge in [-0.3, -0.25) is 4.79 Å². The standard InChI is InChI=1S/C14H19ClO3/c1-9-6-11(7-10(2)12(9)15)18-8-14(3,4)13(16)17-5/h6-7H,8H2,1-5H3. The fraction of sp³-hybridized carbons (Fsp3) is 0.500. The first-order chi connectivity index (χ1) is 8.27. The van der Waals surface area contributed by atoms with E-state index in [1.807, 2.05) is 26.0 Å². The molecular formula is C14H19ClO3. The number of ether oxygens (including phenoxy) is 2. The molecule has 4 heteroatoms. The number of hydrogen-bond donors (Lipinski definition) is 0. The Hall–Kier alpha value is -1.22. The van der Waals surface area contributed by atoms with E-state index < -0.39 is 5.41 Å². The van der Waals surface area contributed by atoms with Crippen LogP contribution < -0.4 is 4.74 Å². The predicted octanol–water partition coefficient (Wildman–Crippen LogP) is 3.53. The summed E-state index contributed by atoms with van der Waals surface area (Å²) in [6.07, 6.45) is 0. The lowest BCUT2D eigenvalue weighted by Crippen LogP contribution is -2.32. The van der Waals surface area contributed by atoms with Crippen molar-refractivity contribution in [2.24, 2.45) is 5.41 Å². The van der Waals surface area contributed by atoms with Crippen molar-refractivity contribution >= 4 is 17.6 Å². The van der Waals surface area contributed by atoms with Gasteiger partial charge in [0.15, 0.2) is 0 Å². The summed E-state index contributed by atoms with van der Waals surface area (Å²) in [5, 5.41) is 0.745. The Morgan fingerprint density at radius 1 is 1.28 bits per heavy atom. The van der Waals surface area contributed by atoms with Gasteiger partial charge in [0.25, 0.3) is 0 Å². The second kappa shape index (κ2) is 5.61. The lowest BCUT2D eigenvalue weighted by Gasteiger charge is -2.22. The predicted molar refractivity (Wildman–Crippen MR) is 72.2 cm³/mol. The van der Waals surface area contributed by atoms with Crippen LogP contribution in [-0.2, 0) is 9.53 Å². The summed E-state index contributed by atoms with van der Waals surface area (Å²) in [5.41, 5.74) is 1.25. The summed E-state index contributed by atoms with van der Waals surface area (Å²) in [5.74, 6) is 0.427. The molecule has 100 valence electrons. The van der Waals surface area contributed by atoms with Crippen LogP contribution in [0.4, 0.5) is 0 Å². The van der Waals surface area contributed by atoms with E-state index in [0.29, 0.717) is 5.75 Å². The van der Waals surface area contributed by atoms with Gasteiger partial charge in [-0.1, -0.05) is 11.6 Å². The van der Waals surface area contributed by atoms with Crippen molar-refractivity contribution in [2.75, 3.05) is 13.7 Å². The number of benzene rings is 1. The Kier molecular flexibility index (Phi) is 4.63. The molecule has 0 saturated carbocycles. The highest BCUT2D eigenvalue weighted by atomic mass is 35.5. The monoisotopic (exact) mass is 270 g/mol. The minimum Gasteiger partial charge on any atom is -0.492 e. The van der Waals surface area contributed by atoms with Crippen molar-refractivity contribution in [2.45, 2.75) is 27.7 Å². The highest BCUT2D eigenvalue weighted by Gasteiger charge is 2.29. The average Bonchev–Trinajstić information content (AvgIpc) is 2.32. The van der Waals surface area contributed by atoms with Crippen LogP contribution in [0.2, 0.25) is 5.02 Å². The first-order valence-electron chi connectivity index (χ1n) is 5.76. The molecule has 1 rings (SSSR count). The topological polar surface area (TPSA) is 35.5 Å². The quantitative estimate of drug-likeness (QED) is 0.785. The Morgan fingerprint density at radius 2 is 1.78 bits per heavy atom. The summed E-state index contributed by atoms with van der Waals surface area (Å²) in [6, 6.07) is 3.73. The lowest BCUT2D eigenvalue weighted by molar-refractivity contribution is -0.152. The molecule has 0 amide bonds. The van der Waals surface area contributed by atoms with Crippen LogP contribution in [0.1, 0.15) is 25.0 Å². The Labute approximate surface area is 113 Å². The number of hydrogen-bond acceptors (Lipinski definition) is 3. The molecule has 0 unspecified atom stereocenters.